The van der Waals surface area contributed by atoms with E-state index in [9.17, 15) is 19.5 Å². The van der Waals surface area contributed by atoms with Gasteiger partial charge in [0.1, 0.15) is 12.1 Å². The van der Waals surface area contributed by atoms with Crippen molar-refractivity contribution in [2.75, 3.05) is 0 Å². The second-order valence-electron chi connectivity index (χ2n) is 7.03. The second kappa shape index (κ2) is 11.8. The third-order valence-corrected chi connectivity index (χ3v) is 4.76. The average Bonchev–Trinajstić information content (AvgIpc) is 2.76. The Bertz CT molecular complexity index is 879. The van der Waals surface area contributed by atoms with Gasteiger partial charge in [-0.25, -0.2) is 5.48 Å². The first-order chi connectivity index (χ1) is 14.3. The van der Waals surface area contributed by atoms with Crippen molar-refractivity contribution in [3.8, 4) is 11.1 Å². The van der Waals surface area contributed by atoms with Gasteiger partial charge in [-0.15, -0.1) is 0 Å². The molecule has 0 aliphatic rings. The van der Waals surface area contributed by atoms with E-state index in [1.807, 2.05) is 24.3 Å². The van der Waals surface area contributed by atoms with Crippen LogP contribution in [0.1, 0.15) is 44.1 Å². The van der Waals surface area contributed by atoms with E-state index in [4.69, 9.17) is 5.21 Å². The van der Waals surface area contributed by atoms with Gasteiger partial charge in [-0.05, 0) is 49.1 Å². The topological polar surface area (TPSA) is 128 Å². The highest BCUT2D eigenvalue weighted by molar-refractivity contribution is 5.98. The van der Waals surface area contributed by atoms with Gasteiger partial charge in [0.15, 0.2) is 0 Å². The van der Waals surface area contributed by atoms with Gasteiger partial charge in [-0.3, -0.25) is 19.6 Å². The second-order valence-corrected chi connectivity index (χ2v) is 7.03. The zero-order valence-corrected chi connectivity index (χ0v) is 17.2. The lowest BCUT2D eigenvalue weighted by atomic mass is 10.0. The highest BCUT2D eigenvalue weighted by atomic mass is 16.5. The number of carbonyl (C=O) groups excluding carboxylic acids is 3. The zero-order valence-electron chi connectivity index (χ0n) is 17.2. The molecule has 0 heterocycles. The number of carbonyl (C=O) groups is 3. The molecule has 0 unspecified atom stereocenters. The molecule has 5 N–H and O–H groups in total. The minimum Gasteiger partial charge on any atom is -0.391 e. The molecule has 0 aromatic heterocycles. The van der Waals surface area contributed by atoms with Crippen LogP contribution in [-0.2, 0) is 16.0 Å². The number of amides is 3. The van der Waals surface area contributed by atoms with E-state index in [0.717, 1.165) is 17.5 Å². The molecule has 0 saturated carbocycles. The lowest BCUT2D eigenvalue weighted by Crippen LogP contribution is -2.56. The van der Waals surface area contributed by atoms with Crippen molar-refractivity contribution in [2.24, 2.45) is 0 Å². The Hall–Kier alpha value is -3.23. The first kappa shape index (κ1) is 25.8. The van der Waals surface area contributed by atoms with Crippen LogP contribution >= 0.6 is 0 Å². The fourth-order valence-corrected chi connectivity index (χ4v) is 2.85. The molecule has 8 nitrogen and oxygen atoms in total. The highest BCUT2D eigenvalue weighted by Crippen LogP contribution is 2.20. The Labute approximate surface area is 182 Å². The van der Waals surface area contributed by atoms with E-state index in [2.05, 4.69) is 29.7 Å². The third-order valence-electron chi connectivity index (χ3n) is 4.76. The Balaban J connectivity index is 0.00000480. The van der Waals surface area contributed by atoms with E-state index < -0.39 is 35.9 Å². The van der Waals surface area contributed by atoms with Crippen molar-refractivity contribution in [2.45, 2.75) is 52.8 Å². The molecule has 0 fully saturated rings. The Morgan fingerprint density at radius 1 is 0.871 bits per heavy atom. The smallest absolute Gasteiger partial charge is 0.268 e. The van der Waals surface area contributed by atoms with Crippen molar-refractivity contribution in [3.05, 3.63) is 59.7 Å². The number of rotatable bonds is 8. The van der Waals surface area contributed by atoms with E-state index in [-0.39, 0.29) is 7.43 Å². The molecular weight excluding hydrogens is 398 g/mol. The Morgan fingerprint density at radius 3 is 1.84 bits per heavy atom. The van der Waals surface area contributed by atoms with Crippen LogP contribution in [0.25, 0.3) is 11.1 Å². The quantitative estimate of drug-likeness (QED) is 0.324. The van der Waals surface area contributed by atoms with E-state index in [0.29, 0.717) is 5.56 Å². The van der Waals surface area contributed by atoms with Crippen LogP contribution in [0, 0.1) is 0 Å². The van der Waals surface area contributed by atoms with Crippen molar-refractivity contribution >= 4 is 17.7 Å². The summed E-state index contributed by atoms with van der Waals surface area (Å²) in [5.41, 5.74) is 5.01. The fraction of sp³-hybridized carbons (Fsp3) is 0.348. The summed E-state index contributed by atoms with van der Waals surface area (Å²) < 4.78 is 0. The maximum Gasteiger partial charge on any atom is 0.268 e. The number of hydrogen-bond donors (Lipinski definition) is 5. The summed E-state index contributed by atoms with van der Waals surface area (Å²) in [6.45, 7) is 4.84. The molecular formula is C23H31N3O5. The Morgan fingerprint density at radius 2 is 1.39 bits per heavy atom. The molecule has 31 heavy (non-hydrogen) atoms. The van der Waals surface area contributed by atoms with Crippen LogP contribution in [0.15, 0.2) is 48.5 Å². The van der Waals surface area contributed by atoms with Gasteiger partial charge in [-0.1, -0.05) is 50.7 Å². The Kier molecular flexibility index (Phi) is 9.85. The van der Waals surface area contributed by atoms with Gasteiger partial charge < -0.3 is 15.7 Å². The standard InChI is InChI=1S/C22H27N3O5.CH4/c1-4-15-5-7-16(8-6-15)17-9-11-18(12-10-17)21(28)23-13(2)20(27)24-19(14(3)26)22(29)25-30;/h5-14,19,26,30H,4H2,1-3H3,(H,23,28)(H,24,27)(H,25,29);1H4/t13-,14+,19-;/m0./s1. The number of nitrogens with one attached hydrogen (secondary N) is 3. The van der Waals surface area contributed by atoms with Crippen molar-refractivity contribution in [3.63, 3.8) is 0 Å². The van der Waals surface area contributed by atoms with Gasteiger partial charge in [0.25, 0.3) is 11.8 Å². The van der Waals surface area contributed by atoms with Crippen LogP contribution in [0.4, 0.5) is 0 Å². The zero-order chi connectivity index (χ0) is 22.3. The molecule has 0 spiro atoms. The summed E-state index contributed by atoms with van der Waals surface area (Å²) in [5, 5.41) is 23.1. The van der Waals surface area contributed by atoms with Crippen molar-refractivity contribution in [1.82, 2.24) is 16.1 Å². The largest absolute Gasteiger partial charge is 0.391 e. The SMILES string of the molecule is C.CCc1ccc(-c2ccc(C(=O)N[C@@H](C)C(=O)N[C@H](C(=O)NO)[C@@H](C)O)cc2)cc1. The molecule has 2 rings (SSSR count). The molecule has 8 heteroatoms. The lowest BCUT2D eigenvalue weighted by Gasteiger charge is -2.22. The number of benzene rings is 2. The van der Waals surface area contributed by atoms with E-state index >= 15 is 0 Å². The van der Waals surface area contributed by atoms with Crippen LogP contribution in [-0.4, -0.2) is 46.2 Å². The first-order valence-corrected chi connectivity index (χ1v) is 9.69. The third kappa shape index (κ3) is 6.91. The maximum atomic E-state index is 12.4. The van der Waals surface area contributed by atoms with Crippen LogP contribution in [0.2, 0.25) is 0 Å². The van der Waals surface area contributed by atoms with Crippen LogP contribution < -0.4 is 16.1 Å². The minimum absolute atomic E-state index is 0. The molecule has 168 valence electrons. The monoisotopic (exact) mass is 429 g/mol. The van der Waals surface area contributed by atoms with E-state index in [1.54, 1.807) is 12.1 Å². The maximum absolute atomic E-state index is 12.4. The molecule has 2 aromatic rings. The summed E-state index contributed by atoms with van der Waals surface area (Å²) in [5.74, 6) is -2.09. The summed E-state index contributed by atoms with van der Waals surface area (Å²) >= 11 is 0. The molecule has 0 radical (unpaired) electrons. The van der Waals surface area contributed by atoms with Crippen molar-refractivity contribution in [1.29, 1.82) is 0 Å². The predicted octanol–water partition coefficient (Wildman–Crippen LogP) is 2.04. The lowest BCUT2D eigenvalue weighted by molar-refractivity contribution is -0.137. The van der Waals surface area contributed by atoms with Gasteiger partial charge in [0, 0.05) is 5.56 Å². The van der Waals surface area contributed by atoms with Gasteiger partial charge in [0.05, 0.1) is 6.10 Å². The molecule has 0 aliphatic heterocycles. The first-order valence-electron chi connectivity index (χ1n) is 9.69. The minimum atomic E-state index is -1.35. The van der Waals surface area contributed by atoms with Crippen molar-refractivity contribution < 1.29 is 24.7 Å². The summed E-state index contributed by atoms with van der Waals surface area (Å²) in [4.78, 5) is 36.2. The average molecular weight is 430 g/mol. The van der Waals surface area contributed by atoms with Gasteiger partial charge in [-0.2, -0.15) is 0 Å². The van der Waals surface area contributed by atoms with Crippen LogP contribution in [0.3, 0.4) is 0 Å². The molecule has 2 aromatic carbocycles. The molecule has 0 aliphatic carbocycles. The van der Waals surface area contributed by atoms with Gasteiger partial charge >= 0.3 is 0 Å². The summed E-state index contributed by atoms with van der Waals surface area (Å²) in [7, 11) is 0. The highest BCUT2D eigenvalue weighted by Gasteiger charge is 2.27. The number of hydroxylamine groups is 1. The van der Waals surface area contributed by atoms with Crippen LogP contribution in [0.5, 0.6) is 0 Å². The fourth-order valence-electron chi connectivity index (χ4n) is 2.85. The molecule has 3 atom stereocenters. The van der Waals surface area contributed by atoms with Gasteiger partial charge in [0.2, 0.25) is 5.91 Å². The molecule has 0 saturated heterocycles. The molecule has 3 amide bonds. The number of aliphatic hydroxyl groups is 1. The number of hydrogen-bond acceptors (Lipinski definition) is 5. The number of aliphatic hydroxyl groups excluding tert-OH is 1. The normalized spacial score (nSPS) is 13.2. The van der Waals surface area contributed by atoms with E-state index in [1.165, 1.54) is 24.9 Å². The summed E-state index contributed by atoms with van der Waals surface area (Å²) in [6, 6.07) is 12.9. The number of aryl methyl sites for hydroxylation is 1. The predicted molar refractivity (Wildman–Crippen MR) is 118 cm³/mol. The molecule has 0 bridgehead atoms. The summed E-state index contributed by atoms with van der Waals surface area (Å²) in [6.07, 6.45) is -0.267.